The average Bonchev–Trinajstić information content (AvgIpc) is 2.22. The Balaban J connectivity index is 3.24. The number of hydrogen-bond acceptors (Lipinski definition) is 2. The molecular formula is C12H20N2O. The van der Waals surface area contributed by atoms with Crippen molar-refractivity contribution in [3.63, 3.8) is 0 Å². The van der Waals surface area contributed by atoms with E-state index >= 15 is 0 Å². The monoisotopic (exact) mass is 208 g/mol. The Labute approximate surface area is 91.2 Å². The van der Waals surface area contributed by atoms with Crippen molar-refractivity contribution in [2.24, 2.45) is 7.05 Å². The SMILES string of the molecule is CCCC(C)(CC)c1nccn(C)c1=O. The van der Waals surface area contributed by atoms with Crippen LogP contribution in [-0.4, -0.2) is 9.55 Å². The zero-order valence-corrected chi connectivity index (χ0v) is 10.1. The molecule has 0 bridgehead atoms. The summed E-state index contributed by atoms with van der Waals surface area (Å²) in [5, 5.41) is 0. The van der Waals surface area contributed by atoms with E-state index in [9.17, 15) is 4.79 Å². The molecule has 0 saturated carbocycles. The molecule has 0 aliphatic carbocycles. The molecule has 15 heavy (non-hydrogen) atoms. The Morgan fingerprint density at radius 2 is 2.13 bits per heavy atom. The molecule has 3 heteroatoms. The van der Waals surface area contributed by atoms with E-state index in [0.717, 1.165) is 19.3 Å². The van der Waals surface area contributed by atoms with Gasteiger partial charge >= 0.3 is 0 Å². The van der Waals surface area contributed by atoms with E-state index in [1.165, 1.54) is 0 Å². The van der Waals surface area contributed by atoms with Crippen molar-refractivity contribution < 1.29 is 0 Å². The molecule has 0 saturated heterocycles. The van der Waals surface area contributed by atoms with E-state index in [4.69, 9.17) is 0 Å². The first-order valence-corrected chi connectivity index (χ1v) is 5.57. The molecule has 0 aromatic carbocycles. The molecule has 84 valence electrons. The van der Waals surface area contributed by atoms with Crippen LogP contribution in [0.3, 0.4) is 0 Å². The van der Waals surface area contributed by atoms with E-state index in [2.05, 4.69) is 25.8 Å². The third-order valence-electron chi connectivity index (χ3n) is 3.17. The highest BCUT2D eigenvalue weighted by atomic mass is 16.1. The highest BCUT2D eigenvalue weighted by molar-refractivity contribution is 5.12. The van der Waals surface area contributed by atoms with Crippen molar-refractivity contribution >= 4 is 0 Å². The molecule has 1 unspecified atom stereocenters. The van der Waals surface area contributed by atoms with Crippen LogP contribution in [0.5, 0.6) is 0 Å². The lowest BCUT2D eigenvalue weighted by atomic mass is 9.80. The van der Waals surface area contributed by atoms with Crippen LogP contribution in [-0.2, 0) is 12.5 Å². The van der Waals surface area contributed by atoms with Crippen LogP contribution in [0.1, 0.15) is 45.7 Å². The first-order chi connectivity index (χ1) is 7.05. The smallest absolute Gasteiger partial charge is 0.272 e. The molecule has 1 aromatic rings. The third kappa shape index (κ3) is 2.28. The van der Waals surface area contributed by atoms with Crippen molar-refractivity contribution in [1.29, 1.82) is 0 Å². The Kier molecular flexibility index (Phi) is 3.66. The molecule has 0 spiro atoms. The zero-order valence-electron chi connectivity index (χ0n) is 10.1. The molecule has 0 radical (unpaired) electrons. The summed E-state index contributed by atoms with van der Waals surface area (Å²) in [7, 11) is 1.77. The minimum absolute atomic E-state index is 0.0373. The summed E-state index contributed by atoms with van der Waals surface area (Å²) in [5.74, 6) is 0. The molecule has 1 atom stereocenters. The third-order valence-corrected chi connectivity index (χ3v) is 3.17. The molecule has 0 fully saturated rings. The topological polar surface area (TPSA) is 34.9 Å². The molecule has 0 amide bonds. The number of nitrogens with zero attached hydrogens (tertiary/aromatic N) is 2. The van der Waals surface area contributed by atoms with Gasteiger partial charge in [-0.2, -0.15) is 0 Å². The van der Waals surface area contributed by atoms with Crippen LogP contribution in [0.25, 0.3) is 0 Å². The lowest BCUT2D eigenvalue weighted by Gasteiger charge is -2.26. The van der Waals surface area contributed by atoms with Gasteiger partial charge in [0.15, 0.2) is 0 Å². The maximum Gasteiger partial charge on any atom is 0.272 e. The highest BCUT2D eigenvalue weighted by Crippen LogP contribution is 2.28. The van der Waals surface area contributed by atoms with Crippen molar-refractivity contribution in [2.45, 2.75) is 45.4 Å². The molecule has 0 N–H and O–H groups in total. The van der Waals surface area contributed by atoms with Gasteiger partial charge < -0.3 is 4.57 Å². The van der Waals surface area contributed by atoms with E-state index in [-0.39, 0.29) is 11.0 Å². The number of aryl methyl sites for hydroxylation is 1. The van der Waals surface area contributed by atoms with E-state index in [0.29, 0.717) is 5.69 Å². The minimum Gasteiger partial charge on any atom is -0.315 e. The second kappa shape index (κ2) is 4.60. The predicted molar refractivity (Wildman–Crippen MR) is 62.0 cm³/mol. The summed E-state index contributed by atoms with van der Waals surface area (Å²) >= 11 is 0. The van der Waals surface area contributed by atoms with E-state index in [1.54, 1.807) is 24.0 Å². The van der Waals surface area contributed by atoms with Gasteiger partial charge in [0.25, 0.3) is 5.56 Å². The fourth-order valence-corrected chi connectivity index (χ4v) is 1.93. The van der Waals surface area contributed by atoms with Crippen LogP contribution >= 0.6 is 0 Å². The van der Waals surface area contributed by atoms with Crippen LogP contribution in [0.4, 0.5) is 0 Å². The zero-order chi connectivity index (χ0) is 11.5. The van der Waals surface area contributed by atoms with Crippen LogP contribution in [0.15, 0.2) is 17.2 Å². The fourth-order valence-electron chi connectivity index (χ4n) is 1.93. The van der Waals surface area contributed by atoms with E-state index in [1.807, 2.05) is 0 Å². The second-order valence-electron chi connectivity index (χ2n) is 4.36. The van der Waals surface area contributed by atoms with Crippen molar-refractivity contribution in [3.8, 4) is 0 Å². The Morgan fingerprint density at radius 3 is 2.67 bits per heavy atom. The number of rotatable bonds is 4. The fraction of sp³-hybridized carbons (Fsp3) is 0.667. The van der Waals surface area contributed by atoms with Gasteiger partial charge in [-0.3, -0.25) is 9.78 Å². The molecular weight excluding hydrogens is 188 g/mol. The lowest BCUT2D eigenvalue weighted by Crippen LogP contribution is -2.34. The second-order valence-corrected chi connectivity index (χ2v) is 4.36. The summed E-state index contributed by atoms with van der Waals surface area (Å²) in [6.07, 6.45) is 6.45. The normalized spacial score (nSPS) is 14.9. The Bertz CT molecular complexity index is 383. The van der Waals surface area contributed by atoms with Crippen molar-refractivity contribution in [3.05, 3.63) is 28.4 Å². The minimum atomic E-state index is -0.0785. The summed E-state index contributed by atoms with van der Waals surface area (Å²) in [5.41, 5.74) is 0.664. The van der Waals surface area contributed by atoms with E-state index < -0.39 is 0 Å². The summed E-state index contributed by atoms with van der Waals surface area (Å²) in [4.78, 5) is 16.2. The average molecular weight is 208 g/mol. The quantitative estimate of drug-likeness (QED) is 0.760. The first-order valence-electron chi connectivity index (χ1n) is 5.57. The number of hydrogen-bond donors (Lipinski definition) is 0. The van der Waals surface area contributed by atoms with Crippen molar-refractivity contribution in [1.82, 2.24) is 9.55 Å². The summed E-state index contributed by atoms with van der Waals surface area (Å²) in [6.45, 7) is 6.38. The van der Waals surface area contributed by atoms with Gasteiger partial charge in [-0.05, 0) is 12.8 Å². The molecule has 3 nitrogen and oxygen atoms in total. The van der Waals surface area contributed by atoms with Gasteiger partial charge in [0.2, 0.25) is 0 Å². The lowest BCUT2D eigenvalue weighted by molar-refractivity contribution is 0.394. The Hall–Kier alpha value is -1.12. The number of aromatic nitrogens is 2. The van der Waals surface area contributed by atoms with Crippen LogP contribution in [0, 0.1) is 0 Å². The van der Waals surface area contributed by atoms with Crippen molar-refractivity contribution in [2.75, 3.05) is 0 Å². The van der Waals surface area contributed by atoms with Gasteiger partial charge in [0.05, 0.1) is 0 Å². The molecule has 1 rings (SSSR count). The first kappa shape index (κ1) is 12.0. The van der Waals surface area contributed by atoms with Gasteiger partial charge in [0.1, 0.15) is 5.69 Å². The predicted octanol–water partition coefficient (Wildman–Crippen LogP) is 2.25. The largest absolute Gasteiger partial charge is 0.315 e. The van der Waals surface area contributed by atoms with Crippen LogP contribution < -0.4 is 5.56 Å². The standard InChI is InChI=1S/C12H20N2O/c1-5-7-12(3,6-2)10-11(15)14(4)9-8-13-10/h8-9H,5-7H2,1-4H3. The maximum absolute atomic E-state index is 11.9. The van der Waals surface area contributed by atoms with Gasteiger partial charge in [-0.25, -0.2) is 0 Å². The summed E-state index contributed by atoms with van der Waals surface area (Å²) < 4.78 is 1.60. The van der Waals surface area contributed by atoms with Crippen LogP contribution in [0.2, 0.25) is 0 Å². The highest BCUT2D eigenvalue weighted by Gasteiger charge is 2.28. The molecule has 1 heterocycles. The maximum atomic E-state index is 11.9. The molecule has 0 aliphatic rings. The molecule has 1 aromatic heterocycles. The van der Waals surface area contributed by atoms with Gasteiger partial charge in [-0.15, -0.1) is 0 Å². The van der Waals surface area contributed by atoms with Gasteiger partial charge in [-0.1, -0.05) is 27.2 Å². The van der Waals surface area contributed by atoms with Gasteiger partial charge in [0, 0.05) is 24.9 Å². The Morgan fingerprint density at radius 1 is 1.47 bits per heavy atom. The summed E-state index contributed by atoms with van der Waals surface area (Å²) in [6, 6.07) is 0. The molecule has 0 aliphatic heterocycles.